The van der Waals surface area contributed by atoms with Crippen molar-refractivity contribution in [2.45, 2.75) is 0 Å². The minimum atomic E-state index is 0.782. The van der Waals surface area contributed by atoms with Gasteiger partial charge in [-0.3, -0.25) is 0 Å². The van der Waals surface area contributed by atoms with Crippen LogP contribution >= 0.6 is 0 Å². The van der Waals surface area contributed by atoms with Crippen molar-refractivity contribution in [1.29, 1.82) is 0 Å². The summed E-state index contributed by atoms with van der Waals surface area (Å²) in [6.45, 7) is 4.13. The molecule has 1 saturated heterocycles. The number of anilines is 1. The number of fused-ring (bicyclic) bond motifs is 1. The van der Waals surface area contributed by atoms with E-state index in [1.54, 1.807) is 7.11 Å². The van der Waals surface area contributed by atoms with Crippen LogP contribution < -0.4 is 9.64 Å². The summed E-state index contributed by atoms with van der Waals surface area (Å²) < 4.78 is 11.8. The van der Waals surface area contributed by atoms with Crippen LogP contribution in [0.4, 0.5) is 5.69 Å². The smallest absolute Gasteiger partial charge is 0.178 e. The van der Waals surface area contributed by atoms with Crippen LogP contribution in [0.3, 0.4) is 0 Å². The Labute approximate surface area is 142 Å². The number of likely N-dealkylation sites (N-methyl/N-ethyl adjacent to an activating group) is 1. The molecule has 1 fully saturated rings. The number of ether oxygens (including phenoxy) is 1. The van der Waals surface area contributed by atoms with Gasteiger partial charge in [0.2, 0.25) is 0 Å². The van der Waals surface area contributed by atoms with Crippen LogP contribution in [0.5, 0.6) is 5.75 Å². The van der Waals surface area contributed by atoms with Crippen molar-refractivity contribution in [1.82, 2.24) is 4.90 Å². The Hall–Kier alpha value is -2.46. The number of hydrogen-bond acceptors (Lipinski definition) is 4. The molecule has 24 heavy (non-hydrogen) atoms. The van der Waals surface area contributed by atoms with Crippen LogP contribution in [-0.4, -0.2) is 45.2 Å². The maximum atomic E-state index is 6.31. The van der Waals surface area contributed by atoms with E-state index in [9.17, 15) is 0 Å². The molecule has 1 aromatic heterocycles. The number of furan rings is 1. The van der Waals surface area contributed by atoms with Gasteiger partial charge >= 0.3 is 0 Å². The number of benzene rings is 2. The molecule has 124 valence electrons. The Balaban J connectivity index is 1.91. The summed E-state index contributed by atoms with van der Waals surface area (Å²) in [7, 11) is 3.86. The van der Waals surface area contributed by atoms with Gasteiger partial charge in [-0.2, -0.15) is 0 Å². The predicted molar refractivity (Wildman–Crippen MR) is 97.9 cm³/mol. The van der Waals surface area contributed by atoms with Crippen molar-refractivity contribution >= 4 is 16.7 Å². The van der Waals surface area contributed by atoms with Gasteiger partial charge in [0.25, 0.3) is 0 Å². The normalized spacial score (nSPS) is 15.8. The van der Waals surface area contributed by atoms with Gasteiger partial charge in [0.15, 0.2) is 17.1 Å². The van der Waals surface area contributed by atoms with Crippen molar-refractivity contribution in [3.05, 3.63) is 48.5 Å². The van der Waals surface area contributed by atoms with Crippen LogP contribution in [0, 0.1) is 0 Å². The maximum Gasteiger partial charge on any atom is 0.178 e. The van der Waals surface area contributed by atoms with Crippen LogP contribution in [0.25, 0.3) is 22.3 Å². The highest BCUT2D eigenvalue weighted by molar-refractivity contribution is 6.01. The third-order valence-electron chi connectivity index (χ3n) is 4.73. The summed E-state index contributed by atoms with van der Waals surface area (Å²) in [6, 6.07) is 16.4. The molecule has 0 unspecified atom stereocenters. The van der Waals surface area contributed by atoms with E-state index < -0.39 is 0 Å². The first-order valence-electron chi connectivity index (χ1n) is 8.36. The molecule has 0 atom stereocenters. The fourth-order valence-corrected chi connectivity index (χ4v) is 3.37. The molecule has 0 saturated carbocycles. The van der Waals surface area contributed by atoms with E-state index in [4.69, 9.17) is 9.15 Å². The van der Waals surface area contributed by atoms with Crippen molar-refractivity contribution < 1.29 is 9.15 Å². The first kappa shape index (κ1) is 15.1. The standard InChI is InChI=1S/C20H22N2O2/c1-21-11-13-22(14-12-21)18-16-9-6-10-17(23-2)20(16)24-19(18)15-7-4-3-5-8-15/h3-10H,11-14H2,1-2H3. The summed E-state index contributed by atoms with van der Waals surface area (Å²) in [4.78, 5) is 4.80. The summed E-state index contributed by atoms with van der Waals surface area (Å²) in [5, 5.41) is 1.12. The summed E-state index contributed by atoms with van der Waals surface area (Å²) in [5.74, 6) is 1.71. The number of methoxy groups -OCH3 is 1. The molecule has 3 aromatic rings. The van der Waals surface area contributed by atoms with Gasteiger partial charge in [0, 0.05) is 37.1 Å². The van der Waals surface area contributed by atoms with E-state index in [1.807, 2.05) is 30.3 Å². The lowest BCUT2D eigenvalue weighted by atomic mass is 10.1. The Bertz CT molecular complexity index is 833. The Morgan fingerprint density at radius 3 is 2.38 bits per heavy atom. The molecule has 2 aromatic carbocycles. The van der Waals surface area contributed by atoms with Crippen molar-refractivity contribution in [3.8, 4) is 17.1 Å². The number of rotatable bonds is 3. The molecule has 4 rings (SSSR count). The first-order valence-corrected chi connectivity index (χ1v) is 8.36. The summed E-state index contributed by atoms with van der Waals surface area (Å²) in [5.41, 5.74) is 3.11. The van der Waals surface area contributed by atoms with Gasteiger partial charge < -0.3 is 19.0 Å². The fraction of sp³-hybridized carbons (Fsp3) is 0.300. The van der Waals surface area contributed by atoms with Crippen molar-refractivity contribution in [2.75, 3.05) is 45.2 Å². The molecule has 0 aliphatic carbocycles. The lowest BCUT2D eigenvalue weighted by Crippen LogP contribution is -2.44. The lowest BCUT2D eigenvalue weighted by molar-refractivity contribution is 0.313. The monoisotopic (exact) mass is 322 g/mol. The summed E-state index contributed by atoms with van der Waals surface area (Å²) in [6.07, 6.45) is 0. The van der Waals surface area contributed by atoms with Crippen molar-refractivity contribution in [3.63, 3.8) is 0 Å². The number of para-hydroxylation sites is 1. The minimum Gasteiger partial charge on any atom is -0.493 e. The molecule has 1 aliphatic heterocycles. The Morgan fingerprint density at radius 1 is 0.917 bits per heavy atom. The molecule has 0 N–H and O–H groups in total. The molecular formula is C20H22N2O2. The molecule has 4 nitrogen and oxygen atoms in total. The summed E-state index contributed by atoms with van der Waals surface area (Å²) >= 11 is 0. The molecule has 0 radical (unpaired) electrons. The largest absolute Gasteiger partial charge is 0.493 e. The van der Waals surface area contributed by atoms with Gasteiger partial charge in [-0.15, -0.1) is 0 Å². The van der Waals surface area contributed by atoms with E-state index in [0.29, 0.717) is 0 Å². The molecule has 4 heteroatoms. The molecule has 0 spiro atoms. The highest BCUT2D eigenvalue weighted by Gasteiger charge is 2.25. The van der Waals surface area contributed by atoms with Gasteiger partial charge in [-0.05, 0) is 19.2 Å². The zero-order chi connectivity index (χ0) is 16.5. The van der Waals surface area contributed by atoms with Crippen molar-refractivity contribution in [2.24, 2.45) is 0 Å². The van der Waals surface area contributed by atoms with E-state index in [2.05, 4.69) is 35.0 Å². The molecule has 1 aliphatic rings. The van der Waals surface area contributed by atoms with E-state index in [-0.39, 0.29) is 0 Å². The molecule has 0 bridgehead atoms. The third kappa shape index (κ3) is 2.53. The van der Waals surface area contributed by atoms with E-state index in [1.165, 1.54) is 5.69 Å². The van der Waals surface area contributed by atoms with Gasteiger partial charge in [-0.25, -0.2) is 0 Å². The second-order valence-electron chi connectivity index (χ2n) is 6.27. The molecule has 0 amide bonds. The van der Waals surface area contributed by atoms with Gasteiger partial charge in [0.1, 0.15) is 0 Å². The minimum absolute atomic E-state index is 0.782. The Morgan fingerprint density at radius 2 is 1.67 bits per heavy atom. The fourth-order valence-electron chi connectivity index (χ4n) is 3.37. The van der Waals surface area contributed by atoms with Crippen LogP contribution in [0.1, 0.15) is 0 Å². The zero-order valence-corrected chi connectivity index (χ0v) is 14.2. The number of piperazine rings is 1. The van der Waals surface area contributed by atoms with E-state index in [0.717, 1.165) is 54.2 Å². The molecular weight excluding hydrogens is 300 g/mol. The quantitative estimate of drug-likeness (QED) is 0.732. The topological polar surface area (TPSA) is 28.9 Å². The van der Waals surface area contributed by atoms with Crippen LogP contribution in [-0.2, 0) is 0 Å². The van der Waals surface area contributed by atoms with Gasteiger partial charge in [-0.1, -0.05) is 36.4 Å². The number of hydrogen-bond donors (Lipinski definition) is 0. The molecule has 2 heterocycles. The SMILES string of the molecule is COc1cccc2c(N3CCN(C)CC3)c(-c3ccccc3)oc12. The zero-order valence-electron chi connectivity index (χ0n) is 14.2. The van der Waals surface area contributed by atoms with Crippen LogP contribution in [0.2, 0.25) is 0 Å². The maximum absolute atomic E-state index is 6.31. The Kier molecular flexibility index (Phi) is 3.90. The predicted octanol–water partition coefficient (Wildman–Crippen LogP) is 3.86. The lowest BCUT2D eigenvalue weighted by Gasteiger charge is -2.34. The van der Waals surface area contributed by atoms with Gasteiger partial charge in [0.05, 0.1) is 12.8 Å². The highest BCUT2D eigenvalue weighted by Crippen LogP contribution is 2.43. The van der Waals surface area contributed by atoms with E-state index >= 15 is 0 Å². The second kappa shape index (κ2) is 6.21. The first-order chi connectivity index (χ1) is 11.8. The average molecular weight is 322 g/mol. The third-order valence-corrected chi connectivity index (χ3v) is 4.73. The second-order valence-corrected chi connectivity index (χ2v) is 6.27. The highest BCUT2D eigenvalue weighted by atomic mass is 16.5. The average Bonchev–Trinajstić information content (AvgIpc) is 3.03. The number of nitrogens with zero attached hydrogens (tertiary/aromatic N) is 2. The van der Waals surface area contributed by atoms with Crippen LogP contribution in [0.15, 0.2) is 52.9 Å².